The first-order valence-corrected chi connectivity index (χ1v) is 7.37. The number of carbonyl (C=O) groups is 3. The standard InChI is InChI=1S/C18H18N2O4/c1-24-18(23)14-8-5-9-15(10-14)20-17(22)11-16(21)19-12-13-6-3-2-4-7-13/h2-10H,11-12H2,1H3,(H,19,21)(H,20,22). The highest BCUT2D eigenvalue weighted by Gasteiger charge is 2.11. The number of anilines is 1. The fourth-order valence-electron chi connectivity index (χ4n) is 2.05. The third kappa shape index (κ3) is 5.24. The summed E-state index contributed by atoms with van der Waals surface area (Å²) >= 11 is 0. The van der Waals surface area contributed by atoms with Crippen molar-refractivity contribution in [3.8, 4) is 0 Å². The Morgan fingerprint density at radius 1 is 0.958 bits per heavy atom. The van der Waals surface area contributed by atoms with Gasteiger partial charge < -0.3 is 15.4 Å². The predicted molar refractivity (Wildman–Crippen MR) is 89.3 cm³/mol. The van der Waals surface area contributed by atoms with Crippen LogP contribution >= 0.6 is 0 Å². The number of amides is 2. The molecule has 0 saturated carbocycles. The lowest BCUT2D eigenvalue weighted by molar-refractivity contribution is -0.126. The van der Waals surface area contributed by atoms with Crippen LogP contribution in [0.4, 0.5) is 5.69 Å². The molecule has 0 saturated heterocycles. The van der Waals surface area contributed by atoms with Crippen LogP contribution in [0, 0.1) is 0 Å². The fourth-order valence-corrected chi connectivity index (χ4v) is 2.05. The van der Waals surface area contributed by atoms with E-state index in [0.29, 0.717) is 17.8 Å². The Morgan fingerprint density at radius 3 is 2.42 bits per heavy atom. The molecule has 2 amide bonds. The van der Waals surface area contributed by atoms with Crippen molar-refractivity contribution in [1.29, 1.82) is 0 Å². The molecule has 0 fully saturated rings. The normalized spacial score (nSPS) is 9.88. The van der Waals surface area contributed by atoms with Crippen molar-refractivity contribution in [1.82, 2.24) is 5.32 Å². The van der Waals surface area contributed by atoms with E-state index in [1.807, 2.05) is 30.3 Å². The third-order valence-electron chi connectivity index (χ3n) is 3.22. The number of hydrogen-bond donors (Lipinski definition) is 2. The van der Waals surface area contributed by atoms with Gasteiger partial charge in [0.25, 0.3) is 0 Å². The van der Waals surface area contributed by atoms with Gasteiger partial charge in [0.1, 0.15) is 6.42 Å². The second kappa shape index (κ2) is 8.47. The number of nitrogens with one attached hydrogen (secondary N) is 2. The molecule has 0 aromatic heterocycles. The highest BCUT2D eigenvalue weighted by atomic mass is 16.5. The topological polar surface area (TPSA) is 84.5 Å². The molecular weight excluding hydrogens is 308 g/mol. The van der Waals surface area contributed by atoms with Crippen LogP contribution in [0.5, 0.6) is 0 Å². The molecule has 0 atom stereocenters. The van der Waals surface area contributed by atoms with E-state index in [4.69, 9.17) is 0 Å². The van der Waals surface area contributed by atoms with Crippen LogP contribution in [0.3, 0.4) is 0 Å². The highest BCUT2D eigenvalue weighted by molar-refractivity contribution is 6.04. The Balaban J connectivity index is 1.84. The molecule has 0 bridgehead atoms. The van der Waals surface area contributed by atoms with Gasteiger partial charge in [-0.15, -0.1) is 0 Å². The van der Waals surface area contributed by atoms with E-state index in [1.54, 1.807) is 18.2 Å². The summed E-state index contributed by atoms with van der Waals surface area (Å²) in [6.45, 7) is 0.366. The van der Waals surface area contributed by atoms with Gasteiger partial charge in [-0.1, -0.05) is 36.4 Å². The number of hydrogen-bond acceptors (Lipinski definition) is 4. The van der Waals surface area contributed by atoms with Crippen LogP contribution in [-0.2, 0) is 20.9 Å². The van der Waals surface area contributed by atoms with Gasteiger partial charge in [0, 0.05) is 12.2 Å². The van der Waals surface area contributed by atoms with Crippen molar-refractivity contribution < 1.29 is 19.1 Å². The first-order chi connectivity index (χ1) is 11.6. The molecule has 0 aliphatic rings. The molecular formula is C18H18N2O4. The maximum atomic E-state index is 11.9. The molecule has 2 aromatic rings. The number of rotatable bonds is 6. The molecule has 6 heteroatoms. The van der Waals surface area contributed by atoms with E-state index < -0.39 is 11.9 Å². The number of esters is 1. The van der Waals surface area contributed by atoms with Crippen LogP contribution in [0.25, 0.3) is 0 Å². The number of benzene rings is 2. The summed E-state index contributed by atoms with van der Waals surface area (Å²) in [5.41, 5.74) is 1.71. The van der Waals surface area contributed by atoms with E-state index in [1.165, 1.54) is 13.2 Å². The molecule has 2 rings (SSSR count). The first kappa shape index (κ1) is 17.2. The third-order valence-corrected chi connectivity index (χ3v) is 3.22. The van der Waals surface area contributed by atoms with Crippen molar-refractivity contribution in [2.75, 3.05) is 12.4 Å². The fraction of sp³-hybridized carbons (Fsp3) is 0.167. The van der Waals surface area contributed by atoms with Crippen LogP contribution in [0.1, 0.15) is 22.3 Å². The van der Waals surface area contributed by atoms with Crippen LogP contribution in [0.2, 0.25) is 0 Å². The highest BCUT2D eigenvalue weighted by Crippen LogP contribution is 2.12. The SMILES string of the molecule is COC(=O)c1cccc(NC(=O)CC(=O)NCc2ccccc2)c1. The van der Waals surface area contributed by atoms with Gasteiger partial charge in [-0.05, 0) is 23.8 Å². The predicted octanol–water partition coefficient (Wildman–Crippen LogP) is 2.12. The Labute approximate surface area is 139 Å². The minimum absolute atomic E-state index is 0.296. The first-order valence-electron chi connectivity index (χ1n) is 7.37. The Hall–Kier alpha value is -3.15. The lowest BCUT2D eigenvalue weighted by Crippen LogP contribution is -2.27. The second-order valence-electron chi connectivity index (χ2n) is 5.06. The van der Waals surface area contributed by atoms with Crippen LogP contribution in [0.15, 0.2) is 54.6 Å². The molecule has 0 aliphatic carbocycles. The molecule has 0 radical (unpaired) electrons. The van der Waals surface area contributed by atoms with E-state index in [-0.39, 0.29) is 12.3 Å². The molecule has 124 valence electrons. The minimum Gasteiger partial charge on any atom is -0.465 e. The van der Waals surface area contributed by atoms with E-state index >= 15 is 0 Å². The lowest BCUT2D eigenvalue weighted by atomic mass is 10.2. The quantitative estimate of drug-likeness (QED) is 0.629. The molecule has 0 unspecified atom stereocenters. The summed E-state index contributed by atoms with van der Waals surface area (Å²) in [6.07, 6.45) is -0.296. The Kier molecular flexibility index (Phi) is 6.08. The zero-order valence-corrected chi connectivity index (χ0v) is 13.2. The minimum atomic E-state index is -0.494. The van der Waals surface area contributed by atoms with Crippen molar-refractivity contribution in [2.45, 2.75) is 13.0 Å². The van der Waals surface area contributed by atoms with Crippen LogP contribution in [-0.4, -0.2) is 24.9 Å². The summed E-state index contributed by atoms with van der Waals surface area (Å²) in [5.74, 6) is -1.32. The summed E-state index contributed by atoms with van der Waals surface area (Å²) in [5, 5.41) is 5.26. The van der Waals surface area contributed by atoms with Gasteiger partial charge in [-0.3, -0.25) is 9.59 Å². The van der Waals surface area contributed by atoms with Gasteiger partial charge >= 0.3 is 5.97 Å². The van der Waals surface area contributed by atoms with Crippen molar-refractivity contribution >= 4 is 23.5 Å². The molecule has 0 heterocycles. The van der Waals surface area contributed by atoms with Gasteiger partial charge in [-0.2, -0.15) is 0 Å². The maximum Gasteiger partial charge on any atom is 0.337 e. The number of ether oxygens (including phenoxy) is 1. The smallest absolute Gasteiger partial charge is 0.337 e. The van der Waals surface area contributed by atoms with E-state index in [2.05, 4.69) is 15.4 Å². The van der Waals surface area contributed by atoms with Gasteiger partial charge in [0.05, 0.1) is 12.7 Å². The zero-order chi connectivity index (χ0) is 17.4. The summed E-state index contributed by atoms with van der Waals surface area (Å²) in [6, 6.07) is 15.7. The van der Waals surface area contributed by atoms with Crippen molar-refractivity contribution in [3.05, 3.63) is 65.7 Å². The van der Waals surface area contributed by atoms with Gasteiger partial charge in [0.15, 0.2) is 0 Å². The molecule has 2 aromatic carbocycles. The summed E-state index contributed by atoms with van der Waals surface area (Å²) in [7, 11) is 1.28. The van der Waals surface area contributed by atoms with Crippen molar-refractivity contribution in [2.24, 2.45) is 0 Å². The van der Waals surface area contributed by atoms with E-state index in [0.717, 1.165) is 5.56 Å². The molecule has 0 aliphatic heterocycles. The van der Waals surface area contributed by atoms with Gasteiger partial charge in [-0.25, -0.2) is 4.79 Å². The van der Waals surface area contributed by atoms with Gasteiger partial charge in [0.2, 0.25) is 11.8 Å². The molecule has 6 nitrogen and oxygen atoms in total. The molecule has 2 N–H and O–H groups in total. The number of methoxy groups -OCH3 is 1. The lowest BCUT2D eigenvalue weighted by Gasteiger charge is -2.08. The maximum absolute atomic E-state index is 11.9. The monoisotopic (exact) mass is 326 g/mol. The molecule has 0 spiro atoms. The Bertz CT molecular complexity index is 729. The van der Waals surface area contributed by atoms with E-state index in [9.17, 15) is 14.4 Å². The van der Waals surface area contributed by atoms with Crippen LogP contribution < -0.4 is 10.6 Å². The average molecular weight is 326 g/mol. The number of carbonyl (C=O) groups excluding carboxylic acids is 3. The van der Waals surface area contributed by atoms with Crippen molar-refractivity contribution in [3.63, 3.8) is 0 Å². The second-order valence-corrected chi connectivity index (χ2v) is 5.06. The largest absolute Gasteiger partial charge is 0.465 e. The zero-order valence-electron chi connectivity index (χ0n) is 13.2. The Morgan fingerprint density at radius 2 is 1.71 bits per heavy atom. The summed E-state index contributed by atoms with van der Waals surface area (Å²) in [4.78, 5) is 35.1. The molecule has 24 heavy (non-hydrogen) atoms. The summed E-state index contributed by atoms with van der Waals surface area (Å²) < 4.78 is 4.62. The average Bonchev–Trinajstić information content (AvgIpc) is 2.60.